The van der Waals surface area contributed by atoms with Crippen molar-refractivity contribution in [1.82, 2.24) is 0 Å². The summed E-state index contributed by atoms with van der Waals surface area (Å²) in [6.07, 6.45) is 13.7. The Labute approximate surface area is 294 Å². The lowest BCUT2D eigenvalue weighted by Crippen LogP contribution is -2.36. The Kier molecular flexibility index (Phi) is 5.98. The third-order valence-electron chi connectivity index (χ3n) is 12.1. The summed E-state index contributed by atoms with van der Waals surface area (Å²) in [6.45, 7) is 9.47. The fourth-order valence-electron chi connectivity index (χ4n) is 9.58. The molecule has 50 heavy (non-hydrogen) atoms. The minimum absolute atomic E-state index is 0.157. The predicted octanol–water partition coefficient (Wildman–Crippen LogP) is 12.2. The molecule has 0 radical (unpaired) electrons. The third kappa shape index (κ3) is 3.80. The number of hydrogen-bond donors (Lipinski definition) is 0. The van der Waals surface area contributed by atoms with Gasteiger partial charge in [-0.15, -0.1) is 0 Å². The first-order chi connectivity index (χ1) is 24.2. The van der Waals surface area contributed by atoms with Crippen molar-refractivity contribution in [3.63, 3.8) is 0 Å². The van der Waals surface area contributed by atoms with Crippen molar-refractivity contribution in [2.75, 3.05) is 7.11 Å². The fraction of sp³-hybridized carbons (Fsp3) is 0.208. The zero-order chi connectivity index (χ0) is 34.0. The Balaban J connectivity index is 1.23. The Hall–Kier alpha value is -5.34. The highest BCUT2D eigenvalue weighted by molar-refractivity contribution is 6.09. The molecule has 1 atom stereocenters. The van der Waals surface area contributed by atoms with Gasteiger partial charge in [0.2, 0.25) is 0 Å². The topological polar surface area (TPSA) is 18.5 Å². The van der Waals surface area contributed by atoms with Gasteiger partial charge in [-0.05, 0) is 122 Å². The molecule has 1 unspecified atom stereocenters. The number of methoxy groups -OCH3 is 1. The van der Waals surface area contributed by atoms with Crippen molar-refractivity contribution in [2.24, 2.45) is 0 Å². The molecule has 244 valence electrons. The molecule has 3 aliphatic carbocycles. The van der Waals surface area contributed by atoms with E-state index in [0.29, 0.717) is 0 Å². The van der Waals surface area contributed by atoms with Gasteiger partial charge >= 0.3 is 0 Å². The van der Waals surface area contributed by atoms with E-state index in [1.165, 1.54) is 71.8 Å². The molecule has 0 N–H and O–H groups in total. The molecule has 1 heterocycles. The SMILES string of the molecule is COc1ccc2c3c(c4c(c2c1)OC(C1=CCCC=C1)(c1ccc2c(c1)C(C)(C)c1cc5ccccc5cc1-2)C=C4)C(C)(C)c1ccccc1-3. The van der Waals surface area contributed by atoms with Crippen LogP contribution >= 0.6 is 0 Å². The molecule has 10 rings (SSSR count). The Bertz CT molecular complexity index is 2560. The molecule has 2 nitrogen and oxygen atoms in total. The Morgan fingerprint density at radius 3 is 2.22 bits per heavy atom. The van der Waals surface area contributed by atoms with Crippen LogP contribution in [0.2, 0.25) is 0 Å². The zero-order valence-corrected chi connectivity index (χ0v) is 29.4. The highest BCUT2D eigenvalue weighted by Gasteiger charge is 2.46. The molecule has 0 saturated heterocycles. The van der Waals surface area contributed by atoms with Crippen LogP contribution in [-0.2, 0) is 16.4 Å². The van der Waals surface area contributed by atoms with Gasteiger partial charge in [0, 0.05) is 27.3 Å². The molecule has 0 saturated carbocycles. The lowest BCUT2D eigenvalue weighted by molar-refractivity contribution is 0.161. The van der Waals surface area contributed by atoms with E-state index in [0.717, 1.165) is 35.3 Å². The van der Waals surface area contributed by atoms with E-state index in [2.05, 4.69) is 155 Å². The first-order valence-electron chi connectivity index (χ1n) is 17.9. The number of rotatable bonds is 3. The molecule has 0 aromatic heterocycles. The number of hydrogen-bond acceptors (Lipinski definition) is 2. The highest BCUT2D eigenvalue weighted by atomic mass is 16.5. The van der Waals surface area contributed by atoms with E-state index in [-0.39, 0.29) is 10.8 Å². The van der Waals surface area contributed by atoms with Crippen molar-refractivity contribution in [3.8, 4) is 33.8 Å². The normalized spacial score (nSPS) is 20.1. The van der Waals surface area contributed by atoms with Crippen molar-refractivity contribution in [1.29, 1.82) is 0 Å². The maximum atomic E-state index is 7.68. The van der Waals surface area contributed by atoms with Gasteiger partial charge in [0.1, 0.15) is 11.5 Å². The second kappa shape index (κ2) is 10.1. The second-order valence-electron chi connectivity index (χ2n) is 15.5. The molecule has 2 heteroatoms. The molecule has 4 aliphatic rings. The molecule has 0 bridgehead atoms. The van der Waals surface area contributed by atoms with Crippen LogP contribution in [0.15, 0.2) is 127 Å². The monoisotopic (exact) mass is 648 g/mol. The summed E-state index contributed by atoms with van der Waals surface area (Å²) >= 11 is 0. The van der Waals surface area contributed by atoms with E-state index in [1.54, 1.807) is 7.11 Å². The summed E-state index contributed by atoms with van der Waals surface area (Å²) in [7, 11) is 1.75. The maximum Gasteiger partial charge on any atom is 0.177 e. The molecular formula is C48H40O2. The third-order valence-corrected chi connectivity index (χ3v) is 12.1. The largest absolute Gasteiger partial charge is 0.497 e. The number of fused-ring (bicyclic) bond motifs is 12. The molecule has 6 aromatic carbocycles. The van der Waals surface area contributed by atoms with Gasteiger partial charge in [-0.25, -0.2) is 0 Å². The van der Waals surface area contributed by atoms with E-state index in [1.807, 2.05) is 0 Å². The van der Waals surface area contributed by atoms with Crippen molar-refractivity contribution in [3.05, 3.63) is 160 Å². The quantitative estimate of drug-likeness (QED) is 0.190. The lowest BCUT2D eigenvalue weighted by Gasteiger charge is -2.40. The van der Waals surface area contributed by atoms with E-state index < -0.39 is 5.60 Å². The average molecular weight is 649 g/mol. The zero-order valence-electron chi connectivity index (χ0n) is 29.4. The molecule has 0 fully saturated rings. The standard InChI is InChI=1S/C48H40O2/c1-46(2)41-26-30-14-10-9-13-29(30)25-38(41)34-21-19-32(27-42(34)46)48(31-15-7-6-8-16-31)24-23-37-44-43(36-17-11-12-18-40(36)47(44,3)4)35-22-20-33(49-5)28-39(35)45(37)50-48/h7,9-28H,6,8H2,1-5H3. The van der Waals surface area contributed by atoms with E-state index in [9.17, 15) is 0 Å². The summed E-state index contributed by atoms with van der Waals surface area (Å²) in [6, 6.07) is 36.0. The second-order valence-corrected chi connectivity index (χ2v) is 15.5. The van der Waals surface area contributed by atoms with E-state index in [4.69, 9.17) is 9.47 Å². The molecule has 0 spiro atoms. The van der Waals surface area contributed by atoms with Crippen LogP contribution in [0.25, 0.3) is 49.9 Å². The fourth-order valence-corrected chi connectivity index (χ4v) is 9.58. The summed E-state index contributed by atoms with van der Waals surface area (Å²) in [5.41, 5.74) is 13.1. The number of allylic oxidation sites excluding steroid dienone is 2. The molecular weight excluding hydrogens is 609 g/mol. The first-order valence-corrected chi connectivity index (χ1v) is 17.9. The molecule has 1 aliphatic heterocycles. The smallest absolute Gasteiger partial charge is 0.177 e. The van der Waals surface area contributed by atoms with Crippen LogP contribution in [-0.4, -0.2) is 7.11 Å². The van der Waals surface area contributed by atoms with Crippen molar-refractivity contribution >= 4 is 27.6 Å². The van der Waals surface area contributed by atoms with Crippen LogP contribution in [0.1, 0.15) is 73.9 Å². The van der Waals surface area contributed by atoms with Gasteiger partial charge in [0.05, 0.1) is 7.11 Å². The number of benzene rings is 6. The van der Waals surface area contributed by atoms with Crippen LogP contribution in [0.5, 0.6) is 11.5 Å². The summed E-state index contributed by atoms with van der Waals surface area (Å²) in [5, 5.41) is 4.85. The minimum atomic E-state index is -0.797. The van der Waals surface area contributed by atoms with Gasteiger partial charge in [0.15, 0.2) is 5.60 Å². The van der Waals surface area contributed by atoms with Gasteiger partial charge in [-0.1, -0.05) is 113 Å². The van der Waals surface area contributed by atoms with Gasteiger partial charge in [-0.3, -0.25) is 0 Å². The minimum Gasteiger partial charge on any atom is -0.497 e. The summed E-state index contributed by atoms with van der Waals surface area (Å²) < 4.78 is 13.5. The highest BCUT2D eigenvalue weighted by Crippen LogP contribution is 2.59. The van der Waals surface area contributed by atoms with Gasteiger partial charge < -0.3 is 9.47 Å². The molecule has 6 aromatic rings. The Morgan fingerprint density at radius 1 is 0.640 bits per heavy atom. The van der Waals surface area contributed by atoms with Crippen molar-refractivity contribution < 1.29 is 9.47 Å². The Morgan fingerprint density at radius 2 is 1.42 bits per heavy atom. The number of ether oxygens (including phenoxy) is 2. The van der Waals surface area contributed by atoms with Crippen LogP contribution in [0.4, 0.5) is 0 Å². The predicted molar refractivity (Wildman–Crippen MR) is 207 cm³/mol. The van der Waals surface area contributed by atoms with Gasteiger partial charge in [-0.2, -0.15) is 0 Å². The maximum absolute atomic E-state index is 7.68. The van der Waals surface area contributed by atoms with Crippen LogP contribution < -0.4 is 9.47 Å². The first kappa shape index (κ1) is 29.6. The average Bonchev–Trinajstić information content (AvgIpc) is 3.53. The van der Waals surface area contributed by atoms with Crippen LogP contribution in [0, 0.1) is 0 Å². The summed E-state index contributed by atoms with van der Waals surface area (Å²) in [5.74, 6) is 1.75. The van der Waals surface area contributed by atoms with E-state index >= 15 is 0 Å². The molecule has 0 amide bonds. The van der Waals surface area contributed by atoms with Crippen LogP contribution in [0.3, 0.4) is 0 Å². The summed E-state index contributed by atoms with van der Waals surface area (Å²) in [4.78, 5) is 0. The van der Waals surface area contributed by atoms with Gasteiger partial charge in [0.25, 0.3) is 0 Å². The lowest BCUT2D eigenvalue weighted by atomic mass is 9.75. The van der Waals surface area contributed by atoms with Crippen molar-refractivity contribution in [2.45, 2.75) is 57.0 Å².